The molecule has 0 fully saturated rings. The maximum atomic E-state index is 12.6. The van der Waals surface area contributed by atoms with Gasteiger partial charge in [-0.2, -0.15) is 0 Å². The Bertz CT molecular complexity index is 1080. The summed E-state index contributed by atoms with van der Waals surface area (Å²) in [6.07, 6.45) is -1.31. The number of hydrogen-bond acceptors (Lipinski definition) is 8. The molecule has 0 aliphatic heterocycles. The van der Waals surface area contributed by atoms with E-state index in [2.05, 4.69) is 20.3 Å². The second-order valence-corrected chi connectivity index (χ2v) is 10.5. The van der Waals surface area contributed by atoms with Crippen LogP contribution in [0.5, 0.6) is 0 Å². The number of Topliss-reactive ketones (excluding diaryl/α,β-unsaturated/α-hetero) is 1. The second kappa shape index (κ2) is 13.4. The van der Waals surface area contributed by atoms with E-state index < -0.39 is 58.4 Å². The molecule has 0 saturated carbocycles. The van der Waals surface area contributed by atoms with Gasteiger partial charge in [-0.05, 0) is 52.7 Å². The summed E-state index contributed by atoms with van der Waals surface area (Å²) in [5.41, 5.74) is 5.74. The minimum atomic E-state index is -3.92. The summed E-state index contributed by atoms with van der Waals surface area (Å²) in [5.74, 6) is -3.11. The average molecular weight is 528 g/mol. The van der Waals surface area contributed by atoms with E-state index >= 15 is 0 Å². The van der Waals surface area contributed by atoms with Crippen LogP contribution in [0.3, 0.4) is 0 Å². The first-order valence-corrected chi connectivity index (χ1v) is 12.5. The van der Waals surface area contributed by atoms with Gasteiger partial charge < -0.3 is 26.2 Å². The van der Waals surface area contributed by atoms with Crippen LogP contribution in [0.25, 0.3) is 0 Å². The van der Waals surface area contributed by atoms with Crippen molar-refractivity contribution in [2.75, 3.05) is 13.1 Å². The Hall–Kier alpha value is -3.68. The van der Waals surface area contributed by atoms with Crippen molar-refractivity contribution in [3.63, 3.8) is 0 Å². The van der Waals surface area contributed by atoms with E-state index in [-0.39, 0.29) is 30.2 Å². The summed E-state index contributed by atoms with van der Waals surface area (Å²) in [4.78, 5) is 51.1. The van der Waals surface area contributed by atoms with E-state index in [4.69, 9.17) is 15.6 Å². The van der Waals surface area contributed by atoms with E-state index in [9.17, 15) is 27.6 Å². The lowest BCUT2D eigenvalue weighted by Crippen LogP contribution is -2.45. The number of nitrogens with zero attached hydrogens (tertiary/aromatic N) is 1. The van der Waals surface area contributed by atoms with Crippen LogP contribution >= 0.6 is 0 Å². The molecule has 0 radical (unpaired) electrons. The highest BCUT2D eigenvalue weighted by molar-refractivity contribution is 7.90. The molecule has 0 spiro atoms. The van der Waals surface area contributed by atoms with E-state index in [1.807, 2.05) is 6.92 Å². The normalized spacial score (nSPS) is 12.8. The van der Waals surface area contributed by atoms with Gasteiger partial charge in [-0.25, -0.2) is 17.9 Å². The number of carboxylic acids is 1. The first-order valence-electron chi connectivity index (χ1n) is 11.0. The van der Waals surface area contributed by atoms with Gasteiger partial charge in [0, 0.05) is 6.54 Å². The molecule has 13 nitrogen and oxygen atoms in total. The number of rotatable bonds is 12. The Balaban J connectivity index is 2.76. The number of nitrogens with two attached hydrogens (primary N) is 1. The fourth-order valence-corrected chi connectivity index (χ4v) is 3.67. The zero-order valence-electron chi connectivity index (χ0n) is 20.7. The molecular formula is C22H33N5O8S. The van der Waals surface area contributed by atoms with Crippen LogP contribution in [-0.2, 0) is 29.1 Å². The van der Waals surface area contributed by atoms with Gasteiger partial charge in [-0.3, -0.25) is 19.4 Å². The number of amides is 2. The standard InChI is InChI=1S/C22H33N5O8S/c1-14-7-9-15(10-8-14)36(33,34)27-20(23)24-11-5-6-16(26-21(32)35-22(2,3)4)17(28)12-18(29)25-13-19(30)31/h7-10,16H,5-6,11-13H2,1-4H3,(H,25,29)(H,26,32)(H,30,31)(H3,23,24,27). The Labute approximate surface area is 209 Å². The molecule has 6 N–H and O–H groups in total. The highest BCUT2D eigenvalue weighted by Crippen LogP contribution is 2.10. The number of alkyl carbamates (subject to hydrolysis) is 1. The molecule has 1 aromatic carbocycles. The molecule has 14 heteroatoms. The Kier molecular flexibility index (Phi) is 11.3. The van der Waals surface area contributed by atoms with E-state index in [0.717, 1.165) is 5.56 Å². The van der Waals surface area contributed by atoms with Crippen LogP contribution in [-0.4, -0.2) is 68.0 Å². The van der Waals surface area contributed by atoms with Crippen LogP contribution in [0.1, 0.15) is 45.6 Å². The van der Waals surface area contributed by atoms with Gasteiger partial charge >= 0.3 is 12.1 Å². The lowest BCUT2D eigenvalue weighted by molar-refractivity contribution is -0.138. The maximum Gasteiger partial charge on any atom is 0.408 e. The smallest absolute Gasteiger partial charge is 0.408 e. The van der Waals surface area contributed by atoms with Gasteiger partial charge in [0.05, 0.1) is 17.4 Å². The van der Waals surface area contributed by atoms with Gasteiger partial charge in [0.1, 0.15) is 12.1 Å². The largest absolute Gasteiger partial charge is 0.480 e. The van der Waals surface area contributed by atoms with E-state index in [0.29, 0.717) is 0 Å². The first kappa shape index (κ1) is 30.4. The zero-order chi connectivity index (χ0) is 27.5. The molecule has 1 unspecified atom stereocenters. The van der Waals surface area contributed by atoms with Crippen molar-refractivity contribution < 1.29 is 37.4 Å². The summed E-state index contributed by atoms with van der Waals surface area (Å²) < 4.78 is 32.0. The molecule has 1 atom stereocenters. The van der Waals surface area contributed by atoms with Crippen LogP contribution in [0.4, 0.5) is 4.79 Å². The third-order valence-corrected chi connectivity index (χ3v) is 5.73. The van der Waals surface area contributed by atoms with Crippen molar-refractivity contribution in [3.8, 4) is 0 Å². The molecule has 2 amide bonds. The summed E-state index contributed by atoms with van der Waals surface area (Å²) in [6, 6.07) is 5.00. The third kappa shape index (κ3) is 12.1. The van der Waals surface area contributed by atoms with E-state index in [1.165, 1.54) is 12.1 Å². The zero-order valence-corrected chi connectivity index (χ0v) is 21.5. The number of aliphatic imine (C=N–C) groups is 1. The fourth-order valence-electron chi connectivity index (χ4n) is 2.72. The number of aliphatic carboxylic acids is 1. The maximum absolute atomic E-state index is 12.6. The van der Waals surface area contributed by atoms with Crippen molar-refractivity contribution in [2.24, 2.45) is 10.7 Å². The molecule has 0 heterocycles. The van der Waals surface area contributed by atoms with Crippen molar-refractivity contribution >= 4 is 39.7 Å². The number of carboxylic acid groups (broad SMARTS) is 1. The molecule has 0 aliphatic rings. The molecule has 200 valence electrons. The summed E-state index contributed by atoms with van der Waals surface area (Å²) >= 11 is 0. The molecule has 1 rings (SSSR count). The van der Waals surface area contributed by atoms with E-state index in [1.54, 1.807) is 32.9 Å². The monoisotopic (exact) mass is 527 g/mol. The summed E-state index contributed by atoms with van der Waals surface area (Å²) in [6.45, 7) is 6.08. The van der Waals surface area contributed by atoms with Crippen LogP contribution < -0.4 is 21.1 Å². The predicted molar refractivity (Wildman–Crippen MR) is 131 cm³/mol. The molecule has 0 aliphatic carbocycles. The van der Waals surface area contributed by atoms with Gasteiger partial charge in [0.25, 0.3) is 10.0 Å². The third-order valence-electron chi connectivity index (χ3n) is 4.35. The van der Waals surface area contributed by atoms with Crippen molar-refractivity contribution in [3.05, 3.63) is 29.8 Å². The minimum Gasteiger partial charge on any atom is -0.480 e. The number of guanidine groups is 1. The molecule has 36 heavy (non-hydrogen) atoms. The molecule has 0 saturated heterocycles. The number of ether oxygens (including phenoxy) is 1. The average Bonchev–Trinajstić information content (AvgIpc) is 2.73. The van der Waals surface area contributed by atoms with Gasteiger partial charge in [0.15, 0.2) is 5.78 Å². The SMILES string of the molecule is Cc1ccc(S(=O)(=O)NC(N)=NCCCC(NC(=O)OC(C)(C)C)C(=O)CC(=O)NCC(=O)O)cc1. The number of ketones is 1. The number of nitrogens with one attached hydrogen (secondary N) is 3. The highest BCUT2D eigenvalue weighted by atomic mass is 32.2. The second-order valence-electron chi connectivity index (χ2n) is 8.84. The van der Waals surface area contributed by atoms with Gasteiger partial charge in [-0.15, -0.1) is 0 Å². The van der Waals surface area contributed by atoms with Crippen molar-refractivity contribution in [1.29, 1.82) is 0 Å². The van der Waals surface area contributed by atoms with Crippen molar-refractivity contribution in [1.82, 2.24) is 15.4 Å². The minimum absolute atomic E-state index is 0.00718. The Morgan fingerprint density at radius 1 is 1.14 bits per heavy atom. The molecular weight excluding hydrogens is 494 g/mol. The van der Waals surface area contributed by atoms with Crippen molar-refractivity contribution in [2.45, 2.75) is 63.5 Å². The molecule has 0 bridgehead atoms. The Morgan fingerprint density at radius 3 is 2.31 bits per heavy atom. The fraction of sp³-hybridized carbons (Fsp3) is 0.500. The van der Waals surface area contributed by atoms with Gasteiger partial charge in [0.2, 0.25) is 11.9 Å². The number of carbonyl (C=O) groups is 4. The number of hydrogen-bond donors (Lipinski definition) is 5. The number of sulfonamides is 1. The van der Waals surface area contributed by atoms with Crippen LogP contribution in [0.15, 0.2) is 34.2 Å². The lowest BCUT2D eigenvalue weighted by Gasteiger charge is -2.23. The Morgan fingerprint density at radius 2 is 1.75 bits per heavy atom. The summed E-state index contributed by atoms with van der Waals surface area (Å²) in [5, 5.41) is 13.1. The highest BCUT2D eigenvalue weighted by Gasteiger charge is 2.25. The molecule has 1 aromatic rings. The van der Waals surface area contributed by atoms with Gasteiger partial charge in [-0.1, -0.05) is 17.7 Å². The summed E-state index contributed by atoms with van der Waals surface area (Å²) in [7, 11) is -3.92. The number of aryl methyl sites for hydroxylation is 1. The first-order chi connectivity index (χ1) is 16.6. The van der Waals surface area contributed by atoms with Crippen LogP contribution in [0.2, 0.25) is 0 Å². The quantitative estimate of drug-likeness (QED) is 0.110. The molecule has 0 aromatic heterocycles. The van der Waals surface area contributed by atoms with Crippen LogP contribution in [0, 0.1) is 6.92 Å². The lowest BCUT2D eigenvalue weighted by atomic mass is 10.0. The topological polar surface area (TPSA) is 206 Å². The predicted octanol–water partition coefficient (Wildman–Crippen LogP) is 0.422. The number of carbonyl (C=O) groups excluding carboxylic acids is 3. The number of benzene rings is 1.